The highest BCUT2D eigenvalue weighted by atomic mass is 15.8. The molecule has 3 heterocycles. The lowest BCUT2D eigenvalue weighted by atomic mass is 10.1. The minimum atomic E-state index is -0.200. The molecule has 3 aliphatic rings. The van der Waals surface area contributed by atoms with E-state index < -0.39 is 0 Å². The minimum absolute atomic E-state index is 0.140. The van der Waals surface area contributed by atoms with Crippen molar-refractivity contribution in [3.63, 3.8) is 0 Å². The van der Waals surface area contributed by atoms with E-state index in [0.29, 0.717) is 20.0 Å². The van der Waals surface area contributed by atoms with Gasteiger partial charge in [-0.15, -0.1) is 0 Å². The Morgan fingerprint density at radius 3 is 0.733 bits per heavy atom. The standard InChI is InChI=1S/C48H48N12/c1-6-18-37(19-7-1)46-49-55(40-24-12-4-13-25-40)34-57(51-46)42-28-16-30-44(32-42)59-36-60(54-48(53-59)39-22-10-3-11-23-39)45-31-17-29-43(33-45)58-35-56(41-26-14-5-15-27-41)50-47(52-58)38-20-8-2-9-21-38/h1-33,46-54H,34-36H2. The summed E-state index contributed by atoms with van der Waals surface area (Å²) in [7, 11) is 0. The molecule has 0 spiro atoms. The van der Waals surface area contributed by atoms with Crippen LogP contribution < -0.4 is 62.6 Å². The van der Waals surface area contributed by atoms with Crippen molar-refractivity contribution in [2.75, 3.05) is 50.1 Å². The highest BCUT2D eigenvalue weighted by Crippen LogP contribution is 2.32. The molecule has 300 valence electrons. The molecule has 2 atom stereocenters. The fourth-order valence-corrected chi connectivity index (χ4v) is 7.89. The van der Waals surface area contributed by atoms with Crippen LogP contribution in [0.4, 0.5) is 34.1 Å². The molecular formula is C48H48N12. The minimum Gasteiger partial charge on any atom is -0.286 e. The third kappa shape index (κ3) is 8.20. The molecule has 0 amide bonds. The van der Waals surface area contributed by atoms with Gasteiger partial charge in [-0.2, -0.15) is 0 Å². The third-order valence-electron chi connectivity index (χ3n) is 11.0. The van der Waals surface area contributed by atoms with Crippen molar-refractivity contribution in [2.45, 2.75) is 18.5 Å². The van der Waals surface area contributed by atoms with Crippen LogP contribution in [0, 0.1) is 0 Å². The van der Waals surface area contributed by atoms with Gasteiger partial charge in [0.15, 0.2) is 0 Å². The van der Waals surface area contributed by atoms with Crippen LogP contribution in [-0.2, 0) is 0 Å². The largest absolute Gasteiger partial charge is 0.286 e. The van der Waals surface area contributed by atoms with E-state index in [-0.39, 0.29) is 18.5 Å². The van der Waals surface area contributed by atoms with Gasteiger partial charge in [-0.05, 0) is 77.4 Å². The fraction of sp³-hybridized carbons (Fsp3) is 0.125. The van der Waals surface area contributed by atoms with Crippen molar-refractivity contribution < 1.29 is 0 Å². The lowest BCUT2D eigenvalue weighted by Crippen LogP contribution is -2.63. The SMILES string of the molecule is c1ccc(C2NN(c3ccccc3)CN(c3cccc(N4CN(c5cccc(N6CN(c7ccccc7)NC(c7ccccc7)N6)c5)NC(c5ccccc5)N4)c3)N2)cc1. The zero-order valence-corrected chi connectivity index (χ0v) is 33.1. The van der Waals surface area contributed by atoms with Gasteiger partial charge < -0.3 is 0 Å². The van der Waals surface area contributed by atoms with Crippen LogP contribution >= 0.6 is 0 Å². The van der Waals surface area contributed by atoms with Gasteiger partial charge in [0.2, 0.25) is 0 Å². The zero-order chi connectivity index (χ0) is 40.1. The van der Waals surface area contributed by atoms with E-state index in [0.717, 1.165) is 50.8 Å². The topological polar surface area (TPSA) is 91.6 Å². The van der Waals surface area contributed by atoms with E-state index in [4.69, 9.17) is 0 Å². The first kappa shape index (κ1) is 37.4. The first-order chi connectivity index (χ1) is 29.7. The summed E-state index contributed by atoms with van der Waals surface area (Å²) in [6.07, 6.45) is -0.479. The first-order valence-electron chi connectivity index (χ1n) is 20.4. The van der Waals surface area contributed by atoms with Crippen LogP contribution in [0.3, 0.4) is 0 Å². The lowest BCUT2D eigenvalue weighted by molar-refractivity contribution is 0.345. The number of para-hydroxylation sites is 2. The quantitative estimate of drug-likeness (QED) is 0.0868. The van der Waals surface area contributed by atoms with E-state index >= 15 is 0 Å². The second-order valence-electron chi connectivity index (χ2n) is 15.0. The molecular weight excluding hydrogens is 745 g/mol. The molecule has 7 aromatic carbocycles. The van der Waals surface area contributed by atoms with Gasteiger partial charge in [-0.3, -0.25) is 30.1 Å². The van der Waals surface area contributed by atoms with Crippen molar-refractivity contribution in [3.8, 4) is 0 Å². The molecule has 0 aliphatic carbocycles. The van der Waals surface area contributed by atoms with Crippen LogP contribution in [0.1, 0.15) is 35.2 Å². The van der Waals surface area contributed by atoms with Gasteiger partial charge in [-0.1, -0.05) is 140 Å². The highest BCUT2D eigenvalue weighted by Gasteiger charge is 2.31. The maximum absolute atomic E-state index is 3.79. The number of rotatable bonds is 9. The van der Waals surface area contributed by atoms with E-state index in [1.165, 1.54) is 0 Å². The highest BCUT2D eigenvalue weighted by molar-refractivity contribution is 5.64. The van der Waals surface area contributed by atoms with Gasteiger partial charge in [0.25, 0.3) is 0 Å². The van der Waals surface area contributed by atoms with E-state index in [1.54, 1.807) is 0 Å². The average molecular weight is 793 g/mol. The Hall–Kier alpha value is -6.90. The van der Waals surface area contributed by atoms with Crippen LogP contribution in [0.15, 0.2) is 200 Å². The molecule has 12 heteroatoms. The molecule has 0 bridgehead atoms. The summed E-state index contributed by atoms with van der Waals surface area (Å²) < 4.78 is 0. The van der Waals surface area contributed by atoms with E-state index in [9.17, 15) is 0 Å². The summed E-state index contributed by atoms with van der Waals surface area (Å²) in [5.41, 5.74) is 32.2. The molecule has 3 saturated heterocycles. The number of anilines is 6. The predicted octanol–water partition coefficient (Wildman–Crippen LogP) is 7.66. The number of hydrazine groups is 6. The molecule has 0 radical (unpaired) electrons. The zero-order valence-electron chi connectivity index (χ0n) is 33.1. The van der Waals surface area contributed by atoms with Crippen molar-refractivity contribution in [1.29, 1.82) is 0 Å². The molecule has 7 aromatic rings. The van der Waals surface area contributed by atoms with Crippen LogP contribution in [0.5, 0.6) is 0 Å². The molecule has 60 heavy (non-hydrogen) atoms. The smallest absolute Gasteiger partial charge is 0.120 e. The van der Waals surface area contributed by atoms with E-state index in [2.05, 4.69) is 239 Å². The molecule has 0 aromatic heterocycles. The molecule has 3 aliphatic heterocycles. The molecule has 12 nitrogen and oxygen atoms in total. The number of nitrogens with one attached hydrogen (secondary N) is 6. The third-order valence-corrected chi connectivity index (χ3v) is 11.0. The van der Waals surface area contributed by atoms with E-state index in [1.807, 2.05) is 24.3 Å². The predicted molar refractivity (Wildman–Crippen MR) is 242 cm³/mol. The molecule has 10 rings (SSSR count). The summed E-state index contributed by atoms with van der Waals surface area (Å²) in [6.45, 7) is 1.71. The van der Waals surface area contributed by atoms with Crippen molar-refractivity contribution in [2.24, 2.45) is 0 Å². The van der Waals surface area contributed by atoms with Crippen molar-refractivity contribution in [3.05, 3.63) is 217 Å². The Balaban J connectivity index is 0.947. The second kappa shape index (κ2) is 17.1. The Bertz CT molecular complexity index is 2200. The lowest BCUT2D eigenvalue weighted by Gasteiger charge is -2.46. The van der Waals surface area contributed by atoms with Crippen LogP contribution in [-0.4, -0.2) is 20.0 Å². The second-order valence-corrected chi connectivity index (χ2v) is 15.0. The van der Waals surface area contributed by atoms with Crippen molar-refractivity contribution in [1.82, 2.24) is 32.6 Å². The molecule has 3 fully saturated rings. The number of hydrogen-bond acceptors (Lipinski definition) is 12. The number of nitrogens with zero attached hydrogens (tertiary/aromatic N) is 6. The summed E-state index contributed by atoms with van der Waals surface area (Å²) in [5.74, 6) is 0. The van der Waals surface area contributed by atoms with Crippen LogP contribution in [0.25, 0.3) is 0 Å². The average Bonchev–Trinajstić information content (AvgIpc) is 3.35. The Kier molecular flexibility index (Phi) is 10.7. The fourth-order valence-electron chi connectivity index (χ4n) is 7.89. The normalized spacial score (nSPS) is 19.7. The summed E-state index contributed by atoms with van der Waals surface area (Å²) in [4.78, 5) is 0. The van der Waals surface area contributed by atoms with Gasteiger partial charge in [0, 0.05) is 0 Å². The van der Waals surface area contributed by atoms with Crippen LogP contribution in [0.2, 0.25) is 0 Å². The number of benzene rings is 7. The molecule has 0 saturated carbocycles. The van der Waals surface area contributed by atoms with Gasteiger partial charge in [-0.25, -0.2) is 32.6 Å². The van der Waals surface area contributed by atoms with Gasteiger partial charge in [0.1, 0.15) is 38.5 Å². The van der Waals surface area contributed by atoms with Gasteiger partial charge >= 0.3 is 0 Å². The summed E-state index contributed by atoms with van der Waals surface area (Å²) in [6, 6.07) is 69.8. The maximum Gasteiger partial charge on any atom is 0.120 e. The Morgan fingerprint density at radius 1 is 0.250 bits per heavy atom. The Morgan fingerprint density at radius 2 is 0.467 bits per heavy atom. The molecule has 2 unspecified atom stereocenters. The monoisotopic (exact) mass is 792 g/mol. The Labute approximate surface area is 351 Å². The molecule has 6 N–H and O–H groups in total. The number of hydrogen-bond donors (Lipinski definition) is 6. The van der Waals surface area contributed by atoms with Crippen molar-refractivity contribution >= 4 is 34.1 Å². The van der Waals surface area contributed by atoms with Gasteiger partial charge in [0.05, 0.1) is 34.1 Å². The summed E-state index contributed by atoms with van der Waals surface area (Å²) >= 11 is 0. The maximum atomic E-state index is 3.79. The first-order valence-corrected chi connectivity index (χ1v) is 20.4. The summed E-state index contributed by atoms with van der Waals surface area (Å²) in [5, 5.41) is 13.3.